The van der Waals surface area contributed by atoms with Crippen LogP contribution in [0.5, 0.6) is 0 Å². The Labute approximate surface area is 188 Å². The Kier molecular flexibility index (Phi) is 9.11. The van der Waals surface area contributed by atoms with Crippen molar-refractivity contribution >= 4 is 11.8 Å². The van der Waals surface area contributed by atoms with Gasteiger partial charge in [-0.3, -0.25) is 9.88 Å². The standard InChI is InChI=1S/C23H34F2N6O/c1-3-17(25)13-27-23-28-14-20(22(30-23)29-18-5-7-19(32)8-6-18)21-9-4-16(12-26-21)15-31(2)11-10-24/h4,9,12,14,17-19,32H,3,5-8,10-11,13,15H2,1-2H3,(H2,27,28,29,30). The second-order valence-corrected chi connectivity index (χ2v) is 8.47. The Bertz CT molecular complexity index is 830. The van der Waals surface area contributed by atoms with E-state index in [9.17, 15) is 13.9 Å². The molecule has 176 valence electrons. The highest BCUT2D eigenvalue weighted by Gasteiger charge is 2.21. The summed E-state index contributed by atoms with van der Waals surface area (Å²) in [4.78, 5) is 15.5. The van der Waals surface area contributed by atoms with Crippen LogP contribution < -0.4 is 10.6 Å². The summed E-state index contributed by atoms with van der Waals surface area (Å²) in [7, 11) is 1.87. The van der Waals surface area contributed by atoms with E-state index in [0.717, 1.165) is 42.5 Å². The van der Waals surface area contributed by atoms with Gasteiger partial charge in [0.1, 0.15) is 18.7 Å². The molecule has 0 saturated heterocycles. The van der Waals surface area contributed by atoms with E-state index in [1.807, 2.05) is 24.1 Å². The first-order valence-electron chi connectivity index (χ1n) is 11.4. The summed E-state index contributed by atoms with van der Waals surface area (Å²) in [6.45, 7) is 2.57. The molecule has 0 radical (unpaired) electrons. The van der Waals surface area contributed by atoms with Crippen molar-refractivity contribution in [1.82, 2.24) is 19.9 Å². The highest BCUT2D eigenvalue weighted by molar-refractivity contribution is 5.73. The molecule has 2 aromatic heterocycles. The van der Waals surface area contributed by atoms with Gasteiger partial charge in [-0.25, -0.2) is 13.8 Å². The number of hydrogen-bond acceptors (Lipinski definition) is 7. The number of halogens is 2. The zero-order valence-corrected chi connectivity index (χ0v) is 18.9. The fourth-order valence-electron chi connectivity index (χ4n) is 3.74. The van der Waals surface area contributed by atoms with Crippen molar-refractivity contribution < 1.29 is 13.9 Å². The van der Waals surface area contributed by atoms with Gasteiger partial charge in [0.25, 0.3) is 0 Å². The third kappa shape index (κ3) is 7.06. The number of alkyl halides is 2. The highest BCUT2D eigenvalue weighted by atomic mass is 19.1. The number of pyridine rings is 1. The minimum Gasteiger partial charge on any atom is -0.393 e. The molecule has 1 atom stereocenters. The van der Waals surface area contributed by atoms with Crippen LogP contribution in [0.15, 0.2) is 24.5 Å². The molecular weight excluding hydrogens is 414 g/mol. The molecule has 9 heteroatoms. The maximum Gasteiger partial charge on any atom is 0.224 e. The first-order valence-corrected chi connectivity index (χ1v) is 11.4. The van der Waals surface area contributed by atoms with Gasteiger partial charge in [0, 0.05) is 38.1 Å². The Balaban J connectivity index is 1.79. The van der Waals surface area contributed by atoms with Crippen molar-refractivity contribution in [3.05, 3.63) is 30.1 Å². The molecule has 1 saturated carbocycles. The van der Waals surface area contributed by atoms with Crippen LogP contribution >= 0.6 is 0 Å². The van der Waals surface area contributed by atoms with E-state index in [-0.39, 0.29) is 25.4 Å². The largest absolute Gasteiger partial charge is 0.393 e. The second kappa shape index (κ2) is 12.0. The molecule has 2 aromatic rings. The maximum absolute atomic E-state index is 13.7. The van der Waals surface area contributed by atoms with Crippen LogP contribution in [0, 0.1) is 0 Å². The predicted molar refractivity (Wildman–Crippen MR) is 123 cm³/mol. The Morgan fingerprint density at radius 1 is 1.19 bits per heavy atom. The quantitative estimate of drug-likeness (QED) is 0.482. The number of rotatable bonds is 11. The lowest BCUT2D eigenvalue weighted by Gasteiger charge is -2.27. The van der Waals surface area contributed by atoms with E-state index in [2.05, 4.69) is 25.6 Å². The number of aromatic nitrogens is 3. The van der Waals surface area contributed by atoms with Crippen molar-refractivity contribution in [2.45, 2.75) is 63.9 Å². The molecule has 1 aliphatic rings. The van der Waals surface area contributed by atoms with Gasteiger partial charge in [0.2, 0.25) is 5.95 Å². The zero-order chi connectivity index (χ0) is 22.9. The van der Waals surface area contributed by atoms with Gasteiger partial charge in [-0.15, -0.1) is 0 Å². The summed E-state index contributed by atoms with van der Waals surface area (Å²) in [6, 6.07) is 4.08. The van der Waals surface area contributed by atoms with Crippen molar-refractivity contribution in [1.29, 1.82) is 0 Å². The third-order valence-electron chi connectivity index (χ3n) is 5.77. The summed E-state index contributed by atoms with van der Waals surface area (Å²) in [5.41, 5.74) is 2.48. The predicted octanol–water partition coefficient (Wildman–Crippen LogP) is 3.82. The Morgan fingerprint density at radius 3 is 2.62 bits per heavy atom. The molecule has 2 heterocycles. The van der Waals surface area contributed by atoms with Crippen LogP contribution in [0.3, 0.4) is 0 Å². The van der Waals surface area contributed by atoms with Gasteiger partial charge in [0.15, 0.2) is 0 Å². The molecule has 1 unspecified atom stereocenters. The monoisotopic (exact) mass is 448 g/mol. The summed E-state index contributed by atoms with van der Waals surface area (Å²) in [5, 5.41) is 16.3. The van der Waals surface area contributed by atoms with E-state index < -0.39 is 6.17 Å². The van der Waals surface area contributed by atoms with E-state index in [1.54, 1.807) is 19.3 Å². The van der Waals surface area contributed by atoms with Crippen molar-refractivity contribution in [3.63, 3.8) is 0 Å². The topological polar surface area (TPSA) is 86.2 Å². The molecule has 7 nitrogen and oxygen atoms in total. The summed E-state index contributed by atoms with van der Waals surface area (Å²) in [5.74, 6) is 1.01. The van der Waals surface area contributed by atoms with E-state index in [1.165, 1.54) is 0 Å². The van der Waals surface area contributed by atoms with Crippen LogP contribution in [-0.4, -0.2) is 70.1 Å². The molecule has 0 bridgehead atoms. The number of aliphatic hydroxyl groups is 1. The van der Waals surface area contributed by atoms with Gasteiger partial charge < -0.3 is 15.7 Å². The van der Waals surface area contributed by atoms with Crippen LogP contribution in [0.4, 0.5) is 20.5 Å². The molecule has 0 aromatic carbocycles. The molecule has 3 rings (SSSR count). The van der Waals surface area contributed by atoms with Gasteiger partial charge >= 0.3 is 0 Å². The molecular formula is C23H34F2N6O. The third-order valence-corrected chi connectivity index (χ3v) is 5.77. The number of nitrogens with one attached hydrogen (secondary N) is 2. The van der Waals surface area contributed by atoms with Gasteiger partial charge in [-0.2, -0.15) is 4.98 Å². The van der Waals surface area contributed by atoms with E-state index in [4.69, 9.17) is 0 Å². The highest BCUT2D eigenvalue weighted by Crippen LogP contribution is 2.29. The summed E-state index contributed by atoms with van der Waals surface area (Å²) < 4.78 is 26.2. The molecule has 0 aliphatic heterocycles. The van der Waals surface area contributed by atoms with E-state index >= 15 is 0 Å². The fourth-order valence-corrected chi connectivity index (χ4v) is 3.74. The van der Waals surface area contributed by atoms with Crippen LogP contribution in [0.25, 0.3) is 11.3 Å². The lowest BCUT2D eigenvalue weighted by molar-refractivity contribution is 0.126. The first-order chi connectivity index (χ1) is 15.5. The average Bonchev–Trinajstić information content (AvgIpc) is 2.80. The molecule has 0 spiro atoms. The fraction of sp³-hybridized carbons (Fsp3) is 0.609. The van der Waals surface area contributed by atoms with Gasteiger partial charge in [0.05, 0.1) is 17.4 Å². The van der Waals surface area contributed by atoms with Gasteiger partial charge in [-0.1, -0.05) is 13.0 Å². The van der Waals surface area contributed by atoms with Crippen molar-refractivity contribution in [2.24, 2.45) is 0 Å². The number of aliphatic hydroxyl groups excluding tert-OH is 1. The number of hydrogen-bond donors (Lipinski definition) is 3. The minimum absolute atomic E-state index is 0.157. The molecule has 3 N–H and O–H groups in total. The van der Waals surface area contributed by atoms with Crippen molar-refractivity contribution in [2.75, 3.05) is 37.4 Å². The molecule has 32 heavy (non-hydrogen) atoms. The SMILES string of the molecule is CCC(F)CNc1ncc(-c2ccc(CN(C)CCF)cn2)c(NC2CCC(O)CC2)n1. The van der Waals surface area contributed by atoms with Gasteiger partial charge in [-0.05, 0) is 50.8 Å². The zero-order valence-electron chi connectivity index (χ0n) is 18.9. The number of anilines is 2. The molecule has 1 aliphatic carbocycles. The lowest BCUT2D eigenvalue weighted by atomic mass is 9.93. The number of nitrogens with zero attached hydrogens (tertiary/aromatic N) is 4. The smallest absolute Gasteiger partial charge is 0.224 e. The lowest BCUT2D eigenvalue weighted by Crippen LogP contribution is -2.29. The Morgan fingerprint density at radius 2 is 1.97 bits per heavy atom. The first kappa shape index (κ1) is 24.3. The maximum atomic E-state index is 13.7. The summed E-state index contributed by atoms with van der Waals surface area (Å²) >= 11 is 0. The average molecular weight is 449 g/mol. The molecule has 1 fully saturated rings. The van der Waals surface area contributed by atoms with Crippen LogP contribution in [0.2, 0.25) is 0 Å². The minimum atomic E-state index is -0.959. The molecule has 0 amide bonds. The second-order valence-electron chi connectivity index (χ2n) is 8.47. The summed E-state index contributed by atoms with van der Waals surface area (Å²) in [6.07, 6.45) is 5.92. The van der Waals surface area contributed by atoms with Crippen LogP contribution in [-0.2, 0) is 6.54 Å². The van der Waals surface area contributed by atoms with Crippen LogP contribution in [0.1, 0.15) is 44.6 Å². The Hall–Kier alpha value is -2.39. The van der Waals surface area contributed by atoms with Crippen molar-refractivity contribution in [3.8, 4) is 11.3 Å². The normalized spacial score (nSPS) is 19.7. The van der Waals surface area contributed by atoms with E-state index in [0.29, 0.717) is 31.3 Å².